The van der Waals surface area contributed by atoms with Crippen molar-refractivity contribution in [2.75, 3.05) is 19.0 Å². The third kappa shape index (κ3) is 2.85. The Kier molecular flexibility index (Phi) is 3.84. The minimum absolute atomic E-state index is 0.267. The van der Waals surface area contributed by atoms with Crippen molar-refractivity contribution in [1.82, 2.24) is 9.94 Å². The van der Waals surface area contributed by atoms with Gasteiger partial charge in [0.2, 0.25) is 0 Å². The summed E-state index contributed by atoms with van der Waals surface area (Å²) in [6.07, 6.45) is 4.36. The molecule has 0 saturated heterocycles. The van der Waals surface area contributed by atoms with Crippen LogP contribution >= 0.6 is 0 Å². The SMILES string of the molecule is Cc1c(/C=C/c2ccc(N(C)C)cc2)[n+](=O)cnn1[O-]. The summed E-state index contributed by atoms with van der Waals surface area (Å²) < 4.78 is 0.578. The van der Waals surface area contributed by atoms with E-state index in [1.807, 2.05) is 43.3 Å². The summed E-state index contributed by atoms with van der Waals surface area (Å²) >= 11 is 0. The second-order valence-electron chi connectivity index (χ2n) is 4.62. The Bertz CT molecular complexity index is 687. The highest BCUT2D eigenvalue weighted by Gasteiger charge is 2.07. The second-order valence-corrected chi connectivity index (χ2v) is 4.62. The van der Waals surface area contributed by atoms with Gasteiger partial charge in [-0.2, -0.15) is 4.85 Å². The summed E-state index contributed by atoms with van der Waals surface area (Å²) in [5, 5.41) is 14.7. The molecule has 0 bridgehead atoms. The van der Waals surface area contributed by atoms with Gasteiger partial charge in [-0.1, -0.05) is 23.1 Å². The summed E-state index contributed by atoms with van der Waals surface area (Å²) in [4.78, 5) is 14.0. The molecule has 6 nitrogen and oxygen atoms in total. The van der Waals surface area contributed by atoms with Crippen LogP contribution in [-0.2, 0) is 0 Å². The number of nitrogens with zero attached hydrogens (tertiary/aromatic N) is 4. The minimum atomic E-state index is 0.267. The molecule has 104 valence electrons. The average Bonchev–Trinajstić information content (AvgIpc) is 2.43. The maximum Gasteiger partial charge on any atom is 0.356 e. The maximum absolute atomic E-state index is 11.6. The molecule has 0 fully saturated rings. The number of hydrogen-bond donors (Lipinski definition) is 0. The lowest BCUT2D eigenvalue weighted by atomic mass is 10.1. The Balaban J connectivity index is 2.30. The number of rotatable bonds is 3. The lowest BCUT2D eigenvalue weighted by molar-refractivity contribution is -0.503. The van der Waals surface area contributed by atoms with Crippen molar-refractivity contribution in [2.24, 2.45) is 0 Å². The van der Waals surface area contributed by atoms with E-state index in [-0.39, 0.29) is 11.4 Å². The monoisotopic (exact) mass is 272 g/mol. The summed E-state index contributed by atoms with van der Waals surface area (Å²) in [6.45, 7) is 1.56. The van der Waals surface area contributed by atoms with Gasteiger partial charge in [-0.25, -0.2) is 0 Å². The van der Waals surface area contributed by atoms with Crippen LogP contribution in [0.25, 0.3) is 12.2 Å². The first kappa shape index (κ1) is 13.8. The fourth-order valence-electron chi connectivity index (χ4n) is 1.75. The lowest BCUT2D eigenvalue weighted by Gasteiger charge is -2.11. The van der Waals surface area contributed by atoms with E-state index >= 15 is 0 Å². The smallest absolute Gasteiger partial charge is 0.356 e. The average molecular weight is 272 g/mol. The molecule has 6 heteroatoms. The first-order valence-corrected chi connectivity index (χ1v) is 6.13. The Morgan fingerprint density at radius 3 is 2.50 bits per heavy atom. The molecule has 0 aliphatic heterocycles. The molecule has 0 N–H and O–H groups in total. The van der Waals surface area contributed by atoms with Crippen LogP contribution in [0.1, 0.15) is 17.0 Å². The molecule has 1 aromatic carbocycles. The molecule has 0 amide bonds. The van der Waals surface area contributed by atoms with Crippen LogP contribution in [0, 0.1) is 17.0 Å². The zero-order valence-electron chi connectivity index (χ0n) is 11.6. The third-order valence-electron chi connectivity index (χ3n) is 3.00. The largest absolute Gasteiger partial charge is 0.773 e. The van der Waals surface area contributed by atoms with Crippen molar-refractivity contribution < 1.29 is 4.43 Å². The molecule has 0 unspecified atom stereocenters. The van der Waals surface area contributed by atoms with Crippen molar-refractivity contribution in [1.29, 1.82) is 0 Å². The van der Waals surface area contributed by atoms with Crippen molar-refractivity contribution in [3.8, 4) is 0 Å². The van der Waals surface area contributed by atoms with Crippen LogP contribution in [0.2, 0.25) is 0 Å². The van der Waals surface area contributed by atoms with Crippen molar-refractivity contribution >= 4 is 17.8 Å². The molecule has 0 atom stereocenters. The highest BCUT2D eigenvalue weighted by atomic mass is 16.5. The van der Waals surface area contributed by atoms with Gasteiger partial charge >= 0.3 is 6.33 Å². The molecule has 0 spiro atoms. The quantitative estimate of drug-likeness (QED) is 0.797. The molecule has 1 heterocycles. The maximum atomic E-state index is 11.6. The van der Waals surface area contributed by atoms with E-state index in [1.54, 1.807) is 19.1 Å². The first-order valence-electron chi connectivity index (χ1n) is 6.13. The van der Waals surface area contributed by atoms with E-state index in [1.165, 1.54) is 0 Å². The van der Waals surface area contributed by atoms with Crippen LogP contribution in [0.4, 0.5) is 5.69 Å². The Hall–Kier alpha value is -2.63. The zero-order chi connectivity index (χ0) is 14.7. The van der Waals surface area contributed by atoms with Gasteiger partial charge in [0, 0.05) is 29.3 Å². The van der Waals surface area contributed by atoms with E-state index in [9.17, 15) is 10.1 Å². The van der Waals surface area contributed by atoms with Crippen molar-refractivity contribution in [3.05, 3.63) is 57.7 Å². The Morgan fingerprint density at radius 2 is 1.90 bits per heavy atom. The number of aromatic nitrogens is 3. The summed E-state index contributed by atoms with van der Waals surface area (Å²) in [7, 11) is 3.94. The standard InChI is InChI=1S/C14H16N4O2/c1-11-14(17(19)10-15-18(11)20)9-6-12-4-7-13(8-5-12)16(2)3/h4-10H,1-3H3/b9-6+. The molecule has 20 heavy (non-hydrogen) atoms. The summed E-state index contributed by atoms with van der Waals surface area (Å²) in [5.74, 6) is 0. The van der Waals surface area contributed by atoms with Gasteiger partial charge in [0.05, 0.1) is 0 Å². The van der Waals surface area contributed by atoms with Crippen LogP contribution in [0.15, 0.2) is 30.6 Å². The molecular weight excluding hydrogens is 256 g/mol. The molecule has 2 rings (SSSR count). The van der Waals surface area contributed by atoms with E-state index < -0.39 is 0 Å². The van der Waals surface area contributed by atoms with Crippen molar-refractivity contribution in [3.63, 3.8) is 0 Å². The van der Waals surface area contributed by atoms with Gasteiger partial charge in [-0.3, -0.25) is 0 Å². The fraction of sp³-hybridized carbons (Fsp3) is 0.214. The van der Waals surface area contributed by atoms with Crippen LogP contribution in [0.3, 0.4) is 0 Å². The van der Waals surface area contributed by atoms with Gasteiger partial charge in [0.15, 0.2) is 5.69 Å². The zero-order valence-corrected chi connectivity index (χ0v) is 11.6. The topological polar surface area (TPSA) is 67.1 Å². The Morgan fingerprint density at radius 1 is 1.25 bits per heavy atom. The van der Waals surface area contributed by atoms with Crippen molar-refractivity contribution in [2.45, 2.75) is 6.92 Å². The van der Waals surface area contributed by atoms with Crippen LogP contribution in [0.5, 0.6) is 0 Å². The summed E-state index contributed by atoms with van der Waals surface area (Å²) in [5.41, 5.74) is 2.60. The predicted molar refractivity (Wildman–Crippen MR) is 78.8 cm³/mol. The van der Waals surface area contributed by atoms with Gasteiger partial charge in [-0.05, 0) is 30.7 Å². The third-order valence-corrected chi connectivity index (χ3v) is 3.00. The lowest BCUT2D eigenvalue weighted by Crippen LogP contribution is -2.24. The molecule has 1 aromatic heterocycles. The normalized spacial score (nSPS) is 10.9. The molecule has 0 aliphatic rings. The molecule has 2 aromatic rings. The molecule has 0 saturated carbocycles. The fourth-order valence-corrected chi connectivity index (χ4v) is 1.75. The van der Waals surface area contributed by atoms with Gasteiger partial charge < -0.3 is 10.1 Å². The first-order chi connectivity index (χ1) is 9.49. The minimum Gasteiger partial charge on any atom is -0.773 e. The van der Waals surface area contributed by atoms with Gasteiger partial charge in [-0.15, -0.1) is 0 Å². The van der Waals surface area contributed by atoms with E-state index in [0.29, 0.717) is 9.27 Å². The number of anilines is 1. The highest BCUT2D eigenvalue weighted by molar-refractivity contribution is 5.68. The summed E-state index contributed by atoms with van der Waals surface area (Å²) in [6, 6.07) is 7.86. The predicted octanol–water partition coefficient (Wildman–Crippen LogP) is 1.69. The number of benzene rings is 1. The molecular formula is C14H16N4O2. The number of hydrogen-bond acceptors (Lipinski definition) is 4. The van der Waals surface area contributed by atoms with Gasteiger partial charge in [0.1, 0.15) is 5.69 Å². The highest BCUT2D eigenvalue weighted by Crippen LogP contribution is 2.14. The second kappa shape index (κ2) is 5.56. The van der Waals surface area contributed by atoms with Gasteiger partial charge in [0.25, 0.3) is 0 Å². The molecule has 0 aliphatic carbocycles. The molecule has 0 radical (unpaired) electrons. The Labute approximate surface area is 116 Å². The van der Waals surface area contributed by atoms with E-state index in [4.69, 9.17) is 0 Å². The van der Waals surface area contributed by atoms with Crippen LogP contribution < -0.4 is 9.33 Å². The van der Waals surface area contributed by atoms with Crippen LogP contribution in [-0.4, -0.2) is 24.0 Å². The van der Waals surface area contributed by atoms with E-state index in [2.05, 4.69) is 5.10 Å². The van der Waals surface area contributed by atoms with E-state index in [0.717, 1.165) is 17.6 Å².